The topological polar surface area (TPSA) is 83.8 Å². The molecule has 0 bridgehead atoms. The first-order chi connectivity index (χ1) is 15.5. The molecule has 3 aromatic rings. The zero-order valence-corrected chi connectivity index (χ0v) is 19.1. The van der Waals surface area contributed by atoms with E-state index in [9.17, 15) is 4.79 Å². The van der Waals surface area contributed by atoms with E-state index >= 15 is 0 Å². The van der Waals surface area contributed by atoms with Gasteiger partial charge in [-0.15, -0.1) is 0 Å². The van der Waals surface area contributed by atoms with Crippen LogP contribution in [0.25, 0.3) is 11.1 Å². The Morgan fingerprint density at radius 1 is 1.03 bits per heavy atom. The quantitative estimate of drug-likeness (QED) is 0.375. The molecule has 0 radical (unpaired) electrons. The summed E-state index contributed by atoms with van der Waals surface area (Å²) in [7, 11) is 6.10. The van der Waals surface area contributed by atoms with Crippen molar-refractivity contribution in [2.24, 2.45) is 0 Å². The molecule has 0 amide bonds. The second-order valence-corrected chi connectivity index (χ2v) is 7.17. The highest BCUT2D eigenvalue weighted by atomic mass is 16.5. The molecule has 0 atom stereocenters. The maximum absolute atomic E-state index is 12.1. The molecule has 2 aromatic carbocycles. The first-order valence-corrected chi connectivity index (χ1v) is 10.3. The molecule has 1 heterocycles. The predicted molar refractivity (Wildman–Crippen MR) is 123 cm³/mol. The van der Waals surface area contributed by atoms with Crippen molar-refractivity contribution < 1.29 is 23.7 Å². The van der Waals surface area contributed by atoms with Crippen LogP contribution in [0.15, 0.2) is 42.9 Å². The highest BCUT2D eigenvalue weighted by Gasteiger charge is 2.17. The van der Waals surface area contributed by atoms with Crippen LogP contribution in [-0.2, 0) is 11.3 Å². The van der Waals surface area contributed by atoms with Gasteiger partial charge in [0.2, 0.25) is 5.75 Å². The number of hydrogen-bond acceptors (Lipinski definition) is 7. The lowest BCUT2D eigenvalue weighted by Crippen LogP contribution is -2.09. The Morgan fingerprint density at radius 3 is 2.31 bits per heavy atom. The summed E-state index contributed by atoms with van der Waals surface area (Å²) in [6, 6.07) is 9.19. The van der Waals surface area contributed by atoms with Crippen LogP contribution in [0, 0.1) is 6.92 Å². The van der Waals surface area contributed by atoms with Gasteiger partial charge in [-0.25, -0.2) is 9.78 Å². The van der Waals surface area contributed by atoms with E-state index in [-0.39, 0.29) is 0 Å². The van der Waals surface area contributed by atoms with Crippen molar-refractivity contribution in [3.8, 4) is 28.4 Å². The first-order valence-electron chi connectivity index (χ1n) is 10.3. The Kier molecular flexibility index (Phi) is 7.59. The highest BCUT2D eigenvalue weighted by Crippen LogP contribution is 2.42. The fraction of sp³-hybridized carbons (Fsp3) is 0.333. The number of carbonyl (C=O) groups is 1. The number of aromatic nitrogens is 2. The first kappa shape index (κ1) is 23.0. The van der Waals surface area contributed by atoms with Crippen molar-refractivity contribution in [3.63, 3.8) is 0 Å². The number of benzene rings is 2. The summed E-state index contributed by atoms with van der Waals surface area (Å²) in [6.07, 6.45) is 4.55. The van der Waals surface area contributed by atoms with Crippen molar-refractivity contribution in [2.45, 2.75) is 19.9 Å². The molecule has 0 saturated heterocycles. The largest absolute Gasteiger partial charge is 0.493 e. The maximum Gasteiger partial charge on any atom is 0.337 e. The van der Waals surface area contributed by atoms with E-state index < -0.39 is 5.97 Å². The van der Waals surface area contributed by atoms with Crippen molar-refractivity contribution in [1.29, 1.82) is 0 Å². The number of carbonyl (C=O) groups excluding carboxylic acids is 1. The van der Waals surface area contributed by atoms with E-state index in [0.29, 0.717) is 29.4 Å². The van der Waals surface area contributed by atoms with Crippen molar-refractivity contribution in [2.75, 3.05) is 40.3 Å². The molecule has 1 aromatic heterocycles. The third-order valence-corrected chi connectivity index (χ3v) is 5.23. The number of methoxy groups -OCH3 is 4. The van der Waals surface area contributed by atoms with Gasteiger partial charge in [-0.1, -0.05) is 6.07 Å². The lowest BCUT2D eigenvalue weighted by atomic mass is 10.00. The van der Waals surface area contributed by atoms with Crippen molar-refractivity contribution in [3.05, 3.63) is 54.1 Å². The van der Waals surface area contributed by atoms with Gasteiger partial charge in [0.25, 0.3) is 0 Å². The number of rotatable bonds is 10. The van der Waals surface area contributed by atoms with Crippen LogP contribution in [0.4, 0.5) is 5.69 Å². The minimum Gasteiger partial charge on any atom is -0.493 e. The van der Waals surface area contributed by atoms with Crippen molar-refractivity contribution >= 4 is 11.7 Å². The zero-order valence-electron chi connectivity index (χ0n) is 19.1. The summed E-state index contributed by atoms with van der Waals surface area (Å²) in [5, 5.41) is 3.46. The summed E-state index contributed by atoms with van der Waals surface area (Å²) in [6.45, 7) is 3.58. The number of anilines is 1. The van der Waals surface area contributed by atoms with Crippen LogP contribution in [0.1, 0.15) is 22.5 Å². The Balaban J connectivity index is 1.92. The SMILES string of the molecule is COC(=O)c1ccc(-c2cc(OC)c(OC)c(OC)c2)c(NCCCn2cncc2C)c1. The van der Waals surface area contributed by atoms with Gasteiger partial charge >= 0.3 is 5.97 Å². The summed E-state index contributed by atoms with van der Waals surface area (Å²) >= 11 is 0. The van der Waals surface area contributed by atoms with E-state index in [1.807, 2.05) is 37.6 Å². The molecule has 32 heavy (non-hydrogen) atoms. The Bertz CT molecular complexity index is 1050. The fourth-order valence-corrected chi connectivity index (χ4v) is 3.52. The van der Waals surface area contributed by atoms with E-state index in [0.717, 1.165) is 35.5 Å². The monoisotopic (exact) mass is 439 g/mol. The van der Waals surface area contributed by atoms with Gasteiger partial charge in [-0.2, -0.15) is 0 Å². The minimum atomic E-state index is -0.390. The number of nitrogens with one attached hydrogen (secondary N) is 1. The van der Waals surface area contributed by atoms with Crippen LogP contribution >= 0.6 is 0 Å². The van der Waals surface area contributed by atoms with Crippen LogP contribution in [0.5, 0.6) is 17.2 Å². The smallest absolute Gasteiger partial charge is 0.337 e. The lowest BCUT2D eigenvalue weighted by molar-refractivity contribution is 0.0601. The highest BCUT2D eigenvalue weighted by molar-refractivity contribution is 5.93. The number of nitrogens with zero attached hydrogens (tertiary/aromatic N) is 2. The number of ether oxygens (including phenoxy) is 4. The number of imidazole rings is 1. The summed E-state index contributed by atoms with van der Waals surface area (Å²) in [5.74, 6) is 1.24. The van der Waals surface area contributed by atoms with Gasteiger partial charge in [0, 0.05) is 36.2 Å². The van der Waals surface area contributed by atoms with Gasteiger partial charge in [-0.05, 0) is 43.2 Å². The fourth-order valence-electron chi connectivity index (χ4n) is 3.52. The number of hydrogen-bond donors (Lipinski definition) is 1. The Morgan fingerprint density at radius 2 is 1.75 bits per heavy atom. The third-order valence-electron chi connectivity index (χ3n) is 5.23. The molecular formula is C24H29N3O5. The summed E-state index contributed by atoms with van der Waals surface area (Å²) in [4.78, 5) is 16.3. The Labute approximate surface area is 188 Å². The molecule has 0 aliphatic carbocycles. The van der Waals surface area contributed by atoms with Crippen molar-refractivity contribution in [1.82, 2.24) is 9.55 Å². The van der Waals surface area contributed by atoms with E-state index in [4.69, 9.17) is 18.9 Å². The average molecular weight is 440 g/mol. The zero-order chi connectivity index (χ0) is 23.1. The molecule has 0 fully saturated rings. The second-order valence-electron chi connectivity index (χ2n) is 7.17. The Hall–Kier alpha value is -3.68. The average Bonchev–Trinajstić information content (AvgIpc) is 3.24. The molecule has 0 spiro atoms. The molecule has 170 valence electrons. The van der Waals surface area contributed by atoms with Gasteiger partial charge in [0.05, 0.1) is 40.3 Å². The lowest BCUT2D eigenvalue weighted by Gasteiger charge is -2.17. The molecule has 1 N–H and O–H groups in total. The van der Waals surface area contributed by atoms with Crippen LogP contribution in [-0.4, -0.2) is 50.5 Å². The third kappa shape index (κ3) is 4.96. The normalized spacial score (nSPS) is 10.5. The maximum atomic E-state index is 12.1. The van der Waals surface area contributed by atoms with E-state index in [1.165, 1.54) is 7.11 Å². The predicted octanol–water partition coefficient (Wildman–Crippen LogP) is 4.17. The molecule has 8 heteroatoms. The number of aryl methyl sites for hydroxylation is 2. The van der Waals surface area contributed by atoms with E-state index in [2.05, 4.69) is 14.9 Å². The van der Waals surface area contributed by atoms with Gasteiger partial charge in [0.15, 0.2) is 11.5 Å². The molecule has 0 unspecified atom stereocenters. The van der Waals surface area contributed by atoms with Gasteiger partial charge in [0.1, 0.15) is 0 Å². The molecule has 0 aliphatic rings. The van der Waals surface area contributed by atoms with E-state index in [1.54, 1.807) is 33.5 Å². The molecule has 3 rings (SSSR count). The van der Waals surface area contributed by atoms with Crippen LogP contribution < -0.4 is 19.5 Å². The van der Waals surface area contributed by atoms with Crippen LogP contribution in [0.3, 0.4) is 0 Å². The standard InChI is InChI=1S/C24H29N3O5/c1-16-14-25-15-27(16)10-6-9-26-20-11-17(24(28)32-5)7-8-19(20)18-12-21(29-2)23(31-4)22(13-18)30-3/h7-8,11-15,26H,6,9-10H2,1-5H3. The summed E-state index contributed by atoms with van der Waals surface area (Å²) in [5.41, 5.74) is 4.16. The molecular weight excluding hydrogens is 410 g/mol. The molecule has 8 nitrogen and oxygen atoms in total. The number of esters is 1. The van der Waals surface area contributed by atoms with Crippen LogP contribution in [0.2, 0.25) is 0 Å². The van der Waals surface area contributed by atoms with Gasteiger partial charge < -0.3 is 28.8 Å². The molecule has 0 aliphatic heterocycles. The van der Waals surface area contributed by atoms with Gasteiger partial charge in [-0.3, -0.25) is 0 Å². The minimum absolute atomic E-state index is 0.390. The molecule has 0 saturated carbocycles. The summed E-state index contributed by atoms with van der Waals surface area (Å²) < 4.78 is 23.4. The second kappa shape index (κ2) is 10.6.